The monoisotopic (exact) mass is 393 g/mol. The van der Waals surface area contributed by atoms with E-state index in [1.165, 1.54) is 6.42 Å². The SMILES string of the molecule is CCN(CC)CCCC(C)NC(=NCc1nnc(C)n1C)NCC1CCCO1. The van der Waals surface area contributed by atoms with Crippen LogP contribution in [0.2, 0.25) is 0 Å². The van der Waals surface area contributed by atoms with Gasteiger partial charge in [0, 0.05) is 26.2 Å². The van der Waals surface area contributed by atoms with Crippen molar-refractivity contribution < 1.29 is 4.74 Å². The molecule has 1 aliphatic heterocycles. The molecule has 8 heteroatoms. The number of nitrogens with zero attached hydrogens (tertiary/aromatic N) is 5. The van der Waals surface area contributed by atoms with Crippen LogP contribution in [0.3, 0.4) is 0 Å². The van der Waals surface area contributed by atoms with Gasteiger partial charge in [0.1, 0.15) is 12.4 Å². The van der Waals surface area contributed by atoms with E-state index in [2.05, 4.69) is 46.5 Å². The van der Waals surface area contributed by atoms with E-state index in [9.17, 15) is 0 Å². The zero-order chi connectivity index (χ0) is 20.4. The highest BCUT2D eigenvalue weighted by Crippen LogP contribution is 2.10. The summed E-state index contributed by atoms with van der Waals surface area (Å²) >= 11 is 0. The molecule has 0 spiro atoms. The van der Waals surface area contributed by atoms with Crippen LogP contribution in [0.4, 0.5) is 0 Å². The average molecular weight is 394 g/mol. The van der Waals surface area contributed by atoms with Crippen LogP contribution in [-0.2, 0) is 18.3 Å². The molecule has 28 heavy (non-hydrogen) atoms. The highest BCUT2D eigenvalue weighted by molar-refractivity contribution is 5.80. The first kappa shape index (κ1) is 22.6. The summed E-state index contributed by atoms with van der Waals surface area (Å²) in [6.45, 7) is 14.2. The molecule has 0 aliphatic carbocycles. The number of hydrogen-bond donors (Lipinski definition) is 2. The van der Waals surface area contributed by atoms with E-state index < -0.39 is 0 Å². The molecular weight excluding hydrogens is 354 g/mol. The Bertz CT molecular complexity index is 591. The smallest absolute Gasteiger partial charge is 0.192 e. The van der Waals surface area contributed by atoms with Crippen molar-refractivity contribution in [3.8, 4) is 0 Å². The van der Waals surface area contributed by atoms with E-state index in [-0.39, 0.29) is 6.10 Å². The first-order chi connectivity index (χ1) is 13.5. The van der Waals surface area contributed by atoms with Crippen molar-refractivity contribution >= 4 is 5.96 Å². The summed E-state index contributed by atoms with van der Waals surface area (Å²) in [6, 6.07) is 0.354. The van der Waals surface area contributed by atoms with Gasteiger partial charge < -0.3 is 24.8 Å². The van der Waals surface area contributed by atoms with Gasteiger partial charge in [-0.15, -0.1) is 10.2 Å². The fourth-order valence-corrected chi connectivity index (χ4v) is 3.37. The van der Waals surface area contributed by atoms with Crippen LogP contribution < -0.4 is 10.6 Å². The maximum atomic E-state index is 5.73. The fraction of sp³-hybridized carbons (Fsp3) is 0.850. The molecule has 1 fully saturated rings. The molecule has 0 radical (unpaired) electrons. The van der Waals surface area contributed by atoms with E-state index in [1.54, 1.807) is 0 Å². The first-order valence-corrected chi connectivity index (χ1v) is 10.8. The summed E-state index contributed by atoms with van der Waals surface area (Å²) < 4.78 is 7.71. The molecule has 0 saturated carbocycles. The van der Waals surface area contributed by atoms with Crippen LogP contribution >= 0.6 is 0 Å². The van der Waals surface area contributed by atoms with Crippen LogP contribution in [0, 0.1) is 6.92 Å². The number of ether oxygens (including phenoxy) is 1. The lowest BCUT2D eigenvalue weighted by Gasteiger charge is -2.22. The van der Waals surface area contributed by atoms with E-state index in [4.69, 9.17) is 9.73 Å². The van der Waals surface area contributed by atoms with Crippen molar-refractivity contribution in [3.05, 3.63) is 11.6 Å². The second-order valence-electron chi connectivity index (χ2n) is 7.62. The van der Waals surface area contributed by atoms with Crippen molar-refractivity contribution in [2.24, 2.45) is 12.0 Å². The third kappa shape index (κ3) is 7.39. The Hall–Kier alpha value is -1.67. The highest BCUT2D eigenvalue weighted by Gasteiger charge is 2.16. The molecule has 1 aromatic heterocycles. The topological polar surface area (TPSA) is 79.6 Å². The molecule has 2 unspecified atom stereocenters. The number of aromatic nitrogens is 3. The first-order valence-electron chi connectivity index (χ1n) is 10.8. The third-order valence-electron chi connectivity index (χ3n) is 5.47. The van der Waals surface area contributed by atoms with Crippen LogP contribution in [0.15, 0.2) is 4.99 Å². The molecule has 2 heterocycles. The van der Waals surface area contributed by atoms with Gasteiger partial charge in [-0.1, -0.05) is 13.8 Å². The Kier molecular flexibility index (Phi) is 9.70. The van der Waals surface area contributed by atoms with Gasteiger partial charge in [-0.2, -0.15) is 0 Å². The normalized spacial score (nSPS) is 18.6. The summed E-state index contributed by atoms with van der Waals surface area (Å²) in [7, 11) is 1.98. The summed E-state index contributed by atoms with van der Waals surface area (Å²) in [4.78, 5) is 7.22. The molecule has 0 aromatic carbocycles. The van der Waals surface area contributed by atoms with E-state index in [0.29, 0.717) is 12.6 Å². The summed E-state index contributed by atoms with van der Waals surface area (Å²) in [5.41, 5.74) is 0. The molecule has 0 bridgehead atoms. The maximum Gasteiger partial charge on any atom is 0.192 e. The van der Waals surface area contributed by atoms with Gasteiger partial charge in [0.15, 0.2) is 11.8 Å². The van der Waals surface area contributed by atoms with Crippen LogP contribution in [0.5, 0.6) is 0 Å². The van der Waals surface area contributed by atoms with Crippen LogP contribution in [-0.4, -0.2) is 70.6 Å². The lowest BCUT2D eigenvalue weighted by Crippen LogP contribution is -2.45. The molecule has 160 valence electrons. The Balaban J connectivity index is 1.88. The summed E-state index contributed by atoms with van der Waals surface area (Å²) in [5.74, 6) is 2.59. The molecule has 1 aliphatic rings. The van der Waals surface area contributed by atoms with Crippen LogP contribution in [0.1, 0.15) is 58.1 Å². The van der Waals surface area contributed by atoms with E-state index >= 15 is 0 Å². The van der Waals surface area contributed by atoms with Gasteiger partial charge in [0.05, 0.1) is 6.10 Å². The van der Waals surface area contributed by atoms with Gasteiger partial charge in [-0.3, -0.25) is 0 Å². The largest absolute Gasteiger partial charge is 0.376 e. The summed E-state index contributed by atoms with van der Waals surface area (Å²) in [5, 5.41) is 15.3. The maximum absolute atomic E-state index is 5.73. The summed E-state index contributed by atoms with van der Waals surface area (Å²) in [6.07, 6.45) is 4.83. The van der Waals surface area contributed by atoms with Crippen molar-refractivity contribution in [3.63, 3.8) is 0 Å². The molecular formula is C20H39N7O. The second kappa shape index (κ2) is 12.0. The zero-order valence-corrected chi connectivity index (χ0v) is 18.4. The van der Waals surface area contributed by atoms with Crippen molar-refractivity contribution in [1.29, 1.82) is 0 Å². The van der Waals surface area contributed by atoms with Crippen LogP contribution in [0.25, 0.3) is 0 Å². The second-order valence-corrected chi connectivity index (χ2v) is 7.62. The molecule has 2 rings (SSSR count). The standard InChI is InChI=1S/C20H39N7O/c1-6-27(7-2)12-8-10-16(3)23-20(21-14-18-11-9-13-28-18)22-15-19-25-24-17(4)26(19)5/h16,18H,6-15H2,1-5H3,(H2,21,22,23). The molecule has 1 saturated heterocycles. The predicted octanol–water partition coefficient (Wildman–Crippen LogP) is 1.85. The fourth-order valence-electron chi connectivity index (χ4n) is 3.37. The number of guanidine groups is 1. The third-order valence-corrected chi connectivity index (χ3v) is 5.47. The van der Waals surface area contributed by atoms with E-state index in [0.717, 1.165) is 69.7 Å². The minimum atomic E-state index is 0.280. The van der Waals surface area contributed by atoms with Crippen molar-refractivity contribution in [1.82, 2.24) is 30.3 Å². The number of nitrogens with one attached hydrogen (secondary N) is 2. The lowest BCUT2D eigenvalue weighted by molar-refractivity contribution is 0.113. The van der Waals surface area contributed by atoms with Gasteiger partial charge in [-0.25, -0.2) is 4.99 Å². The Morgan fingerprint density at radius 2 is 2.14 bits per heavy atom. The lowest BCUT2D eigenvalue weighted by atomic mass is 10.2. The van der Waals surface area contributed by atoms with Crippen molar-refractivity contribution in [2.75, 3.05) is 32.8 Å². The predicted molar refractivity (Wildman–Crippen MR) is 113 cm³/mol. The number of aryl methyl sites for hydroxylation is 1. The van der Waals surface area contributed by atoms with Gasteiger partial charge in [0.2, 0.25) is 0 Å². The Morgan fingerprint density at radius 1 is 1.36 bits per heavy atom. The number of hydrogen-bond acceptors (Lipinski definition) is 5. The highest BCUT2D eigenvalue weighted by atomic mass is 16.5. The van der Waals surface area contributed by atoms with Gasteiger partial charge in [-0.05, 0) is 59.2 Å². The number of aliphatic imine (C=N–C) groups is 1. The minimum Gasteiger partial charge on any atom is -0.376 e. The van der Waals surface area contributed by atoms with E-state index in [1.807, 2.05) is 18.5 Å². The Labute approximate surface area is 170 Å². The Morgan fingerprint density at radius 3 is 2.75 bits per heavy atom. The van der Waals surface area contributed by atoms with Gasteiger partial charge in [0.25, 0.3) is 0 Å². The molecule has 2 N–H and O–H groups in total. The minimum absolute atomic E-state index is 0.280. The molecule has 1 aromatic rings. The average Bonchev–Trinajstić information content (AvgIpc) is 3.32. The number of rotatable bonds is 11. The zero-order valence-electron chi connectivity index (χ0n) is 18.4. The quantitative estimate of drug-likeness (QED) is 0.441. The van der Waals surface area contributed by atoms with Crippen molar-refractivity contribution in [2.45, 2.75) is 72.1 Å². The molecule has 0 amide bonds. The van der Waals surface area contributed by atoms with Gasteiger partial charge >= 0.3 is 0 Å². The molecule has 2 atom stereocenters. The molecule has 8 nitrogen and oxygen atoms in total.